The zero-order valence-corrected chi connectivity index (χ0v) is 21.0. The summed E-state index contributed by atoms with van der Waals surface area (Å²) in [6.45, 7) is 5.67. The van der Waals surface area contributed by atoms with Gasteiger partial charge in [-0.1, -0.05) is 77.2 Å². The van der Waals surface area contributed by atoms with Crippen LogP contribution in [0.25, 0.3) is 22.4 Å². The fourth-order valence-electron chi connectivity index (χ4n) is 3.78. The molecule has 0 saturated carbocycles. The van der Waals surface area contributed by atoms with Gasteiger partial charge in [0.1, 0.15) is 11.6 Å². The van der Waals surface area contributed by atoms with Crippen LogP contribution in [0, 0.1) is 6.92 Å². The molecule has 0 atom stereocenters. The number of H-pyrrole nitrogens is 1. The minimum absolute atomic E-state index is 0.556. The average Bonchev–Trinajstić information content (AvgIpc) is 3.30. The van der Waals surface area contributed by atoms with E-state index in [9.17, 15) is 0 Å². The third kappa shape index (κ3) is 5.88. The van der Waals surface area contributed by atoms with Crippen molar-refractivity contribution < 1.29 is 0 Å². The quantitative estimate of drug-likeness (QED) is 0.237. The van der Waals surface area contributed by atoms with Crippen molar-refractivity contribution in [3.63, 3.8) is 0 Å². The van der Waals surface area contributed by atoms with E-state index in [1.54, 1.807) is 0 Å². The van der Waals surface area contributed by atoms with E-state index in [0.717, 1.165) is 54.8 Å². The number of halogens is 1. The first-order valence-corrected chi connectivity index (χ1v) is 13.1. The van der Waals surface area contributed by atoms with Crippen molar-refractivity contribution in [3.05, 3.63) is 72.6 Å². The van der Waals surface area contributed by atoms with E-state index >= 15 is 0 Å². The molecule has 1 fully saturated rings. The molecule has 33 heavy (non-hydrogen) atoms. The van der Waals surface area contributed by atoms with E-state index in [-0.39, 0.29) is 0 Å². The van der Waals surface area contributed by atoms with Crippen molar-refractivity contribution in [2.45, 2.75) is 6.92 Å². The molecule has 1 saturated heterocycles. The number of nitrogens with zero attached hydrogens (tertiary/aromatic N) is 4. The minimum atomic E-state index is 0.556. The molecule has 1 aliphatic rings. The number of aromatic amines is 1. The average molecular weight is 553 g/mol. The number of aryl methyl sites for hydroxylation is 1. The Balaban J connectivity index is 0.00000126. The van der Waals surface area contributed by atoms with Gasteiger partial charge in [-0.25, -0.2) is 4.98 Å². The maximum absolute atomic E-state index is 4.99. The predicted octanol–water partition coefficient (Wildman–Crippen LogP) is 5.05. The number of anilines is 3. The number of aromatic nitrogens is 4. The van der Waals surface area contributed by atoms with E-state index in [1.807, 2.05) is 17.9 Å². The van der Waals surface area contributed by atoms with Crippen LogP contribution in [0.5, 0.6) is 0 Å². The second kappa shape index (κ2) is 11.2. The van der Waals surface area contributed by atoms with Crippen LogP contribution in [0.1, 0.15) is 5.82 Å². The van der Waals surface area contributed by atoms with Gasteiger partial charge in [0.2, 0.25) is 5.95 Å². The number of piperazine rings is 1. The molecule has 3 N–H and O–H groups in total. The van der Waals surface area contributed by atoms with Crippen molar-refractivity contribution >= 4 is 40.0 Å². The van der Waals surface area contributed by atoms with Gasteiger partial charge in [-0.05, 0) is 29.0 Å². The summed E-state index contributed by atoms with van der Waals surface area (Å²) in [4.78, 5) is 13.6. The van der Waals surface area contributed by atoms with Gasteiger partial charge in [-0.2, -0.15) is 4.98 Å². The molecule has 7 nitrogen and oxygen atoms in total. The summed E-state index contributed by atoms with van der Waals surface area (Å²) in [7, 11) is 0. The number of rotatable bonds is 5. The maximum atomic E-state index is 4.99. The van der Waals surface area contributed by atoms with Crippen LogP contribution in [0.15, 0.2) is 66.7 Å². The van der Waals surface area contributed by atoms with Gasteiger partial charge in [-0.15, -0.1) is 5.10 Å². The van der Waals surface area contributed by atoms with Gasteiger partial charge in [0.05, 0.1) is 5.69 Å². The highest BCUT2D eigenvalue weighted by Gasteiger charge is 2.15. The summed E-state index contributed by atoms with van der Waals surface area (Å²) in [5.74, 6) is 2.29. The molecule has 3 heterocycles. The number of pyridine rings is 1. The summed E-state index contributed by atoms with van der Waals surface area (Å²) < 4.78 is 0. The lowest BCUT2D eigenvalue weighted by molar-refractivity contribution is 0.585. The fraction of sp³-hybridized carbons (Fsp3) is 0.240. The molecule has 1 aliphatic heterocycles. The second-order valence-electron chi connectivity index (χ2n) is 7.65. The zero-order chi connectivity index (χ0) is 23.0. The normalized spacial score (nSPS) is 13.2. The van der Waals surface area contributed by atoms with Crippen LogP contribution in [-0.2, 0) is 0 Å². The Morgan fingerprint density at radius 1 is 0.848 bits per heavy atom. The van der Waals surface area contributed by atoms with Crippen LogP contribution < -0.4 is 15.5 Å². The zero-order valence-electron chi connectivity index (χ0n) is 18.8. The topological polar surface area (TPSA) is 81.8 Å². The molecule has 0 radical (unpaired) electrons. The van der Waals surface area contributed by atoms with Crippen molar-refractivity contribution in [3.8, 4) is 22.4 Å². The number of hydrogen-bond acceptors (Lipinski definition) is 6. The van der Waals surface area contributed by atoms with Crippen LogP contribution in [0.3, 0.4) is 0 Å². The summed E-state index contributed by atoms with van der Waals surface area (Å²) in [6.07, 6.45) is 0. The fourth-order valence-corrected chi connectivity index (χ4v) is 3.78. The number of nitrogens with one attached hydrogen (secondary N) is 3. The first-order chi connectivity index (χ1) is 16.2. The first-order valence-electron chi connectivity index (χ1n) is 10.9. The van der Waals surface area contributed by atoms with Crippen LogP contribution >= 0.6 is 22.6 Å². The smallest absolute Gasteiger partial charge is 0.246 e. The van der Waals surface area contributed by atoms with E-state index in [2.05, 4.69) is 114 Å². The number of hydrogen-bond donors (Lipinski definition) is 3. The highest BCUT2D eigenvalue weighted by Crippen LogP contribution is 2.29. The van der Waals surface area contributed by atoms with Gasteiger partial charge in [0.25, 0.3) is 0 Å². The summed E-state index contributed by atoms with van der Waals surface area (Å²) in [5.41, 5.74) is 5.32. The van der Waals surface area contributed by atoms with Crippen molar-refractivity contribution in [2.75, 3.05) is 41.3 Å². The summed E-state index contributed by atoms with van der Waals surface area (Å²) >= 11 is 2.15. The molecule has 2 aromatic heterocycles. The summed E-state index contributed by atoms with van der Waals surface area (Å²) in [6, 6.07) is 23.1. The molecule has 0 amide bonds. The highest BCUT2D eigenvalue weighted by atomic mass is 127. The van der Waals surface area contributed by atoms with Crippen LogP contribution in [0.4, 0.5) is 17.5 Å². The Labute approximate surface area is 208 Å². The SMILES string of the molecule is CI.Cc1nc(Nc2cc(-c3ccc(-c4ccccc4)cc3)nc(N3CCNCC3)c2)n[nH]1. The lowest BCUT2D eigenvalue weighted by Gasteiger charge is -2.29. The van der Waals surface area contributed by atoms with E-state index in [1.165, 1.54) is 11.1 Å². The lowest BCUT2D eigenvalue weighted by atomic mass is 10.0. The van der Waals surface area contributed by atoms with Gasteiger partial charge >= 0.3 is 0 Å². The van der Waals surface area contributed by atoms with E-state index in [4.69, 9.17) is 4.98 Å². The minimum Gasteiger partial charge on any atom is -0.354 e. The monoisotopic (exact) mass is 553 g/mol. The Morgan fingerprint density at radius 3 is 2.18 bits per heavy atom. The molecular weight excluding hydrogens is 525 g/mol. The Bertz CT molecular complexity index is 1150. The first kappa shape index (κ1) is 23.2. The Kier molecular flexibility index (Phi) is 7.90. The van der Waals surface area contributed by atoms with Gasteiger partial charge in [0, 0.05) is 43.5 Å². The molecule has 8 heteroatoms. The van der Waals surface area contributed by atoms with E-state index < -0.39 is 0 Å². The molecule has 4 aromatic rings. The molecule has 2 aromatic carbocycles. The van der Waals surface area contributed by atoms with Gasteiger partial charge in [0.15, 0.2) is 0 Å². The molecule has 0 aliphatic carbocycles. The molecule has 170 valence electrons. The second-order valence-corrected chi connectivity index (χ2v) is 7.65. The van der Waals surface area contributed by atoms with E-state index in [0.29, 0.717) is 5.95 Å². The molecule has 5 rings (SSSR count). The van der Waals surface area contributed by atoms with Crippen LogP contribution in [0.2, 0.25) is 0 Å². The summed E-state index contributed by atoms with van der Waals surface area (Å²) in [5, 5.41) is 13.8. The predicted molar refractivity (Wildman–Crippen MR) is 145 cm³/mol. The lowest BCUT2D eigenvalue weighted by Crippen LogP contribution is -2.43. The largest absolute Gasteiger partial charge is 0.354 e. The third-order valence-corrected chi connectivity index (χ3v) is 5.39. The van der Waals surface area contributed by atoms with Gasteiger partial charge in [-0.3, -0.25) is 5.10 Å². The van der Waals surface area contributed by atoms with Crippen LogP contribution in [-0.4, -0.2) is 51.3 Å². The molecule has 0 bridgehead atoms. The standard InChI is InChI=1S/C24H25N7.CH3I/c1-17-26-24(30-29-17)27-21-15-22(28-23(16-21)31-13-11-25-12-14-31)20-9-7-19(8-10-20)18-5-3-2-4-6-18;1-2/h2-10,15-16,25H,11-14H2,1H3,(H2,26,27,28,29,30);1H3. The third-order valence-electron chi connectivity index (χ3n) is 5.39. The number of alkyl halides is 1. The molecular formula is C25H28IN7. The molecule has 0 unspecified atom stereocenters. The van der Waals surface area contributed by atoms with Crippen molar-refractivity contribution in [1.29, 1.82) is 0 Å². The highest BCUT2D eigenvalue weighted by molar-refractivity contribution is 14.1. The van der Waals surface area contributed by atoms with Crippen molar-refractivity contribution in [1.82, 2.24) is 25.5 Å². The Hall–Kier alpha value is -2.98. The maximum Gasteiger partial charge on any atom is 0.246 e. The molecule has 0 spiro atoms. The van der Waals surface area contributed by atoms with Gasteiger partial charge < -0.3 is 15.5 Å². The number of benzene rings is 2. The van der Waals surface area contributed by atoms with Crippen molar-refractivity contribution in [2.24, 2.45) is 0 Å². The Morgan fingerprint density at radius 2 is 1.52 bits per heavy atom.